The molecule has 4 fully saturated rings. The number of sulfonamides is 1. The molecular formula is C20H30N4O4S. The van der Waals surface area contributed by atoms with Crippen LogP contribution in [-0.2, 0) is 10.0 Å². The molecule has 1 aromatic rings. The van der Waals surface area contributed by atoms with Gasteiger partial charge in [0, 0.05) is 30.1 Å². The first kappa shape index (κ1) is 19.5. The van der Waals surface area contributed by atoms with Crippen LogP contribution in [0.25, 0.3) is 0 Å². The van der Waals surface area contributed by atoms with E-state index in [1.807, 2.05) is 0 Å². The van der Waals surface area contributed by atoms with Crippen LogP contribution in [0.5, 0.6) is 0 Å². The second-order valence-electron chi connectivity index (χ2n) is 9.24. The van der Waals surface area contributed by atoms with Gasteiger partial charge in [0.05, 0.1) is 5.75 Å². The maximum Gasteiger partial charge on any atom is 0.273 e. The van der Waals surface area contributed by atoms with E-state index in [0.717, 1.165) is 57.4 Å². The monoisotopic (exact) mass is 422 g/mol. The van der Waals surface area contributed by atoms with Crippen molar-refractivity contribution in [3.05, 3.63) is 17.5 Å². The third kappa shape index (κ3) is 4.09. The van der Waals surface area contributed by atoms with Gasteiger partial charge >= 0.3 is 0 Å². The van der Waals surface area contributed by atoms with Crippen molar-refractivity contribution in [1.29, 1.82) is 0 Å². The number of carbonyl (C=O) groups is 1. The predicted octanol–water partition coefficient (Wildman–Crippen LogP) is 1.61. The summed E-state index contributed by atoms with van der Waals surface area (Å²) in [6, 6.07) is 1.74. The van der Waals surface area contributed by atoms with E-state index in [1.54, 1.807) is 10.4 Å². The average molecular weight is 423 g/mol. The highest BCUT2D eigenvalue weighted by molar-refractivity contribution is 7.89. The maximum atomic E-state index is 13.1. The number of hydrogen-bond donors (Lipinski definition) is 2. The van der Waals surface area contributed by atoms with Crippen LogP contribution in [0.1, 0.15) is 73.5 Å². The van der Waals surface area contributed by atoms with Gasteiger partial charge in [-0.2, -0.15) is 4.31 Å². The molecule has 9 heteroatoms. The summed E-state index contributed by atoms with van der Waals surface area (Å²) in [4.78, 5) is 12.6. The maximum absolute atomic E-state index is 13.1. The van der Waals surface area contributed by atoms with Crippen molar-refractivity contribution in [2.75, 3.05) is 18.8 Å². The van der Waals surface area contributed by atoms with E-state index in [2.05, 4.69) is 15.8 Å². The lowest BCUT2D eigenvalue weighted by Crippen LogP contribution is -2.53. The van der Waals surface area contributed by atoms with E-state index in [9.17, 15) is 13.2 Å². The SMILES string of the molecule is O=C(N[C@H]1C[C@H]2CC[C@@H](C1)N2S(=O)(=O)C[C@@H]1CCCNC1)c1cc(C2CC2)on1. The second kappa shape index (κ2) is 7.67. The number of aromatic nitrogens is 1. The summed E-state index contributed by atoms with van der Waals surface area (Å²) in [5.74, 6) is 1.46. The molecule has 2 bridgehead atoms. The molecule has 0 spiro atoms. The van der Waals surface area contributed by atoms with E-state index in [4.69, 9.17) is 4.52 Å². The highest BCUT2D eigenvalue weighted by Gasteiger charge is 2.47. The summed E-state index contributed by atoms with van der Waals surface area (Å²) in [5, 5.41) is 10.3. The van der Waals surface area contributed by atoms with Crippen LogP contribution >= 0.6 is 0 Å². The lowest BCUT2D eigenvalue weighted by molar-refractivity contribution is 0.0900. The number of nitrogens with one attached hydrogen (secondary N) is 2. The van der Waals surface area contributed by atoms with Gasteiger partial charge in [-0.15, -0.1) is 0 Å². The zero-order chi connectivity index (χ0) is 20.0. The van der Waals surface area contributed by atoms with E-state index < -0.39 is 10.0 Å². The van der Waals surface area contributed by atoms with Gasteiger partial charge in [-0.25, -0.2) is 8.42 Å². The standard InChI is InChI=1S/C20H30N4O4S/c25-20(18-10-19(28-23-18)14-3-4-14)22-15-8-16-5-6-17(9-15)24(16)29(26,27)12-13-2-1-7-21-11-13/h10,13-17,21H,1-9,11-12H2,(H,22,25)/t13-,15-,16+,17-/m1/s1. The normalized spacial score (nSPS) is 33.0. The molecular weight excluding hydrogens is 392 g/mol. The number of piperidine rings is 2. The van der Waals surface area contributed by atoms with Crippen LogP contribution in [-0.4, -0.2) is 60.8 Å². The molecule has 3 saturated heterocycles. The molecule has 5 rings (SSSR count). The quantitative estimate of drug-likeness (QED) is 0.722. The summed E-state index contributed by atoms with van der Waals surface area (Å²) in [6.07, 6.45) is 7.35. The summed E-state index contributed by atoms with van der Waals surface area (Å²) < 4.78 is 33.3. The second-order valence-corrected chi connectivity index (χ2v) is 11.2. The first-order chi connectivity index (χ1) is 14.0. The first-order valence-electron chi connectivity index (χ1n) is 11.0. The van der Waals surface area contributed by atoms with E-state index in [0.29, 0.717) is 24.5 Å². The van der Waals surface area contributed by atoms with Crippen molar-refractivity contribution in [2.45, 2.75) is 75.4 Å². The molecule has 0 radical (unpaired) electrons. The fourth-order valence-electron chi connectivity index (χ4n) is 5.37. The number of amides is 1. The topological polar surface area (TPSA) is 105 Å². The molecule has 4 heterocycles. The molecule has 2 N–H and O–H groups in total. The average Bonchev–Trinajstić information content (AvgIpc) is 3.34. The Labute approximate surface area is 171 Å². The highest BCUT2D eigenvalue weighted by Crippen LogP contribution is 2.41. The van der Waals surface area contributed by atoms with Crippen LogP contribution in [0.4, 0.5) is 0 Å². The van der Waals surface area contributed by atoms with Gasteiger partial charge in [-0.05, 0) is 70.4 Å². The van der Waals surface area contributed by atoms with Crippen molar-refractivity contribution in [3.63, 3.8) is 0 Å². The Hall–Kier alpha value is -1.45. The number of rotatable bonds is 6. The number of hydrogen-bond acceptors (Lipinski definition) is 6. The summed E-state index contributed by atoms with van der Waals surface area (Å²) >= 11 is 0. The molecule has 1 saturated carbocycles. The Morgan fingerprint density at radius 3 is 2.62 bits per heavy atom. The number of carbonyl (C=O) groups excluding carboxylic acids is 1. The smallest absolute Gasteiger partial charge is 0.273 e. The molecule has 29 heavy (non-hydrogen) atoms. The predicted molar refractivity (Wildman–Crippen MR) is 107 cm³/mol. The van der Waals surface area contributed by atoms with Crippen LogP contribution in [0.2, 0.25) is 0 Å². The van der Waals surface area contributed by atoms with Crippen LogP contribution in [0.3, 0.4) is 0 Å². The van der Waals surface area contributed by atoms with Gasteiger partial charge in [0.15, 0.2) is 5.69 Å². The molecule has 0 aromatic carbocycles. The van der Waals surface area contributed by atoms with Crippen molar-refractivity contribution >= 4 is 15.9 Å². The molecule has 1 amide bonds. The number of nitrogens with zero attached hydrogens (tertiary/aromatic N) is 2. The lowest BCUT2D eigenvalue weighted by Gasteiger charge is -2.39. The largest absolute Gasteiger partial charge is 0.360 e. The van der Waals surface area contributed by atoms with E-state index >= 15 is 0 Å². The zero-order valence-corrected chi connectivity index (χ0v) is 17.5. The van der Waals surface area contributed by atoms with Gasteiger partial charge in [-0.1, -0.05) is 5.16 Å². The Kier molecular flexibility index (Phi) is 5.16. The molecule has 8 nitrogen and oxygen atoms in total. The Bertz CT molecular complexity index is 846. The van der Waals surface area contributed by atoms with Crippen molar-refractivity contribution in [3.8, 4) is 0 Å². The Morgan fingerprint density at radius 1 is 1.21 bits per heavy atom. The molecule has 160 valence electrons. The third-order valence-electron chi connectivity index (χ3n) is 6.91. The van der Waals surface area contributed by atoms with Gasteiger partial charge in [0.2, 0.25) is 10.0 Å². The summed E-state index contributed by atoms with van der Waals surface area (Å²) in [6.45, 7) is 1.78. The molecule has 3 aliphatic heterocycles. The highest BCUT2D eigenvalue weighted by atomic mass is 32.2. The van der Waals surface area contributed by atoms with Gasteiger partial charge < -0.3 is 15.2 Å². The molecule has 1 aliphatic carbocycles. The van der Waals surface area contributed by atoms with Gasteiger partial charge in [0.1, 0.15) is 5.76 Å². The van der Waals surface area contributed by atoms with Crippen molar-refractivity contribution in [2.24, 2.45) is 5.92 Å². The molecule has 0 unspecified atom stereocenters. The fraction of sp³-hybridized carbons (Fsp3) is 0.800. The van der Waals surface area contributed by atoms with Crippen LogP contribution < -0.4 is 10.6 Å². The van der Waals surface area contributed by atoms with Gasteiger partial charge in [0.25, 0.3) is 5.91 Å². The minimum absolute atomic E-state index is 0.0000614. The van der Waals surface area contributed by atoms with E-state index in [-0.39, 0.29) is 35.7 Å². The Balaban J connectivity index is 1.20. The third-order valence-corrected chi connectivity index (χ3v) is 9.04. The van der Waals surface area contributed by atoms with Crippen LogP contribution in [0.15, 0.2) is 10.6 Å². The fourth-order valence-corrected chi connectivity index (χ4v) is 7.72. The molecule has 4 aliphatic rings. The summed E-state index contributed by atoms with van der Waals surface area (Å²) in [5.41, 5.74) is 0.332. The van der Waals surface area contributed by atoms with E-state index in [1.165, 1.54) is 0 Å². The number of fused-ring (bicyclic) bond motifs is 2. The Morgan fingerprint density at radius 2 is 1.97 bits per heavy atom. The minimum atomic E-state index is -3.27. The molecule has 1 aromatic heterocycles. The van der Waals surface area contributed by atoms with Crippen LogP contribution in [0, 0.1) is 5.92 Å². The van der Waals surface area contributed by atoms with Crippen molar-refractivity contribution < 1.29 is 17.7 Å². The first-order valence-corrected chi connectivity index (χ1v) is 12.6. The van der Waals surface area contributed by atoms with Gasteiger partial charge in [-0.3, -0.25) is 4.79 Å². The zero-order valence-electron chi connectivity index (χ0n) is 16.7. The summed E-state index contributed by atoms with van der Waals surface area (Å²) in [7, 11) is -3.27. The molecule has 4 atom stereocenters. The minimum Gasteiger partial charge on any atom is -0.360 e. The van der Waals surface area contributed by atoms with Crippen molar-refractivity contribution in [1.82, 2.24) is 20.1 Å². The lowest BCUT2D eigenvalue weighted by atomic mass is 9.99.